The van der Waals surface area contributed by atoms with E-state index >= 15 is 0 Å². The van der Waals surface area contributed by atoms with Crippen LogP contribution in [0.25, 0.3) is 10.9 Å². The first-order chi connectivity index (χ1) is 16.3. The van der Waals surface area contributed by atoms with Crippen molar-refractivity contribution < 1.29 is 29.1 Å². The van der Waals surface area contributed by atoms with Gasteiger partial charge in [0.25, 0.3) is 0 Å². The van der Waals surface area contributed by atoms with E-state index in [2.05, 4.69) is 20.4 Å². The summed E-state index contributed by atoms with van der Waals surface area (Å²) in [5.41, 5.74) is 7.83. The summed E-state index contributed by atoms with van der Waals surface area (Å²) >= 11 is 0. The minimum Gasteiger partial charge on any atom is -0.481 e. The Bertz CT molecular complexity index is 1190. The monoisotopic (exact) mass is 470 g/mol. The van der Waals surface area contributed by atoms with Crippen LogP contribution < -0.4 is 11.1 Å². The van der Waals surface area contributed by atoms with E-state index in [1.165, 1.54) is 4.90 Å². The number of rotatable bonds is 9. The third kappa shape index (κ3) is 5.01. The molecule has 1 aliphatic heterocycles. The first-order valence-corrected chi connectivity index (χ1v) is 11.0. The van der Waals surface area contributed by atoms with Crippen LogP contribution >= 0.6 is 0 Å². The normalized spacial score (nSPS) is 17.6. The fourth-order valence-electron chi connectivity index (χ4n) is 4.17. The van der Waals surface area contributed by atoms with Gasteiger partial charge in [-0.2, -0.15) is 4.98 Å². The van der Waals surface area contributed by atoms with E-state index in [1.807, 2.05) is 30.5 Å². The molecule has 180 valence electrons. The van der Waals surface area contributed by atoms with Crippen molar-refractivity contribution in [3.63, 3.8) is 0 Å². The predicted octanol–water partition coefficient (Wildman–Crippen LogP) is 1.96. The average molecular weight is 470 g/mol. The van der Waals surface area contributed by atoms with Crippen molar-refractivity contribution in [2.75, 3.05) is 6.54 Å². The van der Waals surface area contributed by atoms with Crippen molar-refractivity contribution in [2.45, 2.75) is 50.2 Å². The van der Waals surface area contributed by atoms with Gasteiger partial charge in [-0.05, 0) is 30.9 Å². The number of aromatic amines is 1. The van der Waals surface area contributed by atoms with Crippen LogP contribution in [0.1, 0.15) is 55.0 Å². The first-order valence-electron chi connectivity index (χ1n) is 11.0. The molecule has 0 saturated carbocycles. The summed E-state index contributed by atoms with van der Waals surface area (Å²) in [6, 6.07) is 4.76. The number of likely N-dealkylation sites (tertiary alicyclic amines) is 1. The number of nitrogens with two attached hydrogens (primary N) is 1. The number of amides is 2. The maximum absolute atomic E-state index is 13.0. The molecule has 3 aromatic rings. The lowest BCUT2D eigenvalue weighted by Crippen LogP contribution is -2.47. The van der Waals surface area contributed by atoms with Crippen molar-refractivity contribution in [2.24, 2.45) is 5.73 Å². The van der Waals surface area contributed by atoms with Gasteiger partial charge in [0.15, 0.2) is 5.82 Å². The van der Waals surface area contributed by atoms with E-state index in [9.17, 15) is 19.5 Å². The zero-order valence-corrected chi connectivity index (χ0v) is 18.3. The number of carboxylic acid groups (broad SMARTS) is 2. The number of para-hydroxylation sites is 1. The van der Waals surface area contributed by atoms with E-state index in [-0.39, 0.29) is 24.6 Å². The summed E-state index contributed by atoms with van der Waals surface area (Å²) in [5, 5.41) is 26.0. The Kier molecular flexibility index (Phi) is 6.77. The van der Waals surface area contributed by atoms with Crippen molar-refractivity contribution in [3.05, 3.63) is 47.7 Å². The summed E-state index contributed by atoms with van der Waals surface area (Å²) in [5.74, 6) is -1.79. The van der Waals surface area contributed by atoms with Crippen LogP contribution in [0.4, 0.5) is 4.79 Å². The Morgan fingerprint density at radius 1 is 1.29 bits per heavy atom. The molecule has 0 bridgehead atoms. The van der Waals surface area contributed by atoms with Gasteiger partial charge in [-0.25, -0.2) is 9.59 Å². The van der Waals surface area contributed by atoms with Crippen LogP contribution in [0.5, 0.6) is 0 Å². The molecular formula is C22H26N6O6. The summed E-state index contributed by atoms with van der Waals surface area (Å²) in [4.78, 5) is 44.2. The molecule has 2 aromatic heterocycles. The first kappa shape index (κ1) is 23.2. The lowest BCUT2D eigenvalue weighted by atomic mass is 10.0. The Balaban J connectivity index is 1.58. The fourth-order valence-corrected chi connectivity index (χ4v) is 4.17. The third-order valence-corrected chi connectivity index (χ3v) is 5.95. The minimum absolute atomic E-state index is 0.102. The van der Waals surface area contributed by atoms with E-state index in [4.69, 9.17) is 15.4 Å². The van der Waals surface area contributed by atoms with Gasteiger partial charge in [-0.15, -0.1) is 0 Å². The molecule has 12 nitrogen and oxygen atoms in total. The number of carbonyl (C=O) groups excluding carboxylic acids is 1. The van der Waals surface area contributed by atoms with Crippen LogP contribution in [-0.4, -0.2) is 60.8 Å². The average Bonchev–Trinajstić information content (AvgIpc) is 3.56. The number of aromatic nitrogens is 3. The molecule has 6 N–H and O–H groups in total. The van der Waals surface area contributed by atoms with Gasteiger partial charge in [0.05, 0.1) is 6.04 Å². The van der Waals surface area contributed by atoms with Crippen LogP contribution in [0.2, 0.25) is 0 Å². The summed E-state index contributed by atoms with van der Waals surface area (Å²) in [6.07, 6.45) is 3.09. The zero-order valence-electron chi connectivity index (χ0n) is 18.3. The number of hydrogen-bond donors (Lipinski definition) is 5. The highest BCUT2D eigenvalue weighted by Gasteiger charge is 2.36. The van der Waals surface area contributed by atoms with Crippen molar-refractivity contribution >= 4 is 28.9 Å². The number of H-pyrrole nitrogens is 1. The molecule has 0 spiro atoms. The second-order valence-electron chi connectivity index (χ2n) is 8.29. The molecule has 3 atom stereocenters. The molecule has 0 radical (unpaired) electrons. The number of nitrogens with one attached hydrogen (secondary N) is 2. The standard InChI is InChI=1S/C22H26N6O6/c23-14(7-8-18(29)30)19-26-20(34-27-19)16(10-12-11-24-15-5-2-1-4-13(12)15)25-22(33)28-9-3-6-17(28)21(31)32/h1-2,4-5,11,14,16-17,24H,3,6-10,23H2,(H,25,33)(H,29,30)(H,31,32)/t14-,16-,17+/m0/s1. The van der Waals surface area contributed by atoms with Crippen LogP contribution in [-0.2, 0) is 16.0 Å². The van der Waals surface area contributed by atoms with Crippen molar-refractivity contribution in [1.82, 2.24) is 25.3 Å². The molecule has 4 rings (SSSR count). The van der Waals surface area contributed by atoms with Gasteiger partial charge in [0.1, 0.15) is 12.1 Å². The molecule has 34 heavy (non-hydrogen) atoms. The maximum Gasteiger partial charge on any atom is 0.326 e. The topological polar surface area (TPSA) is 188 Å². The second kappa shape index (κ2) is 9.91. The van der Waals surface area contributed by atoms with Gasteiger partial charge < -0.3 is 35.7 Å². The predicted molar refractivity (Wildman–Crippen MR) is 119 cm³/mol. The zero-order chi connectivity index (χ0) is 24.2. The van der Waals surface area contributed by atoms with Gasteiger partial charge >= 0.3 is 18.0 Å². The third-order valence-electron chi connectivity index (χ3n) is 5.95. The lowest BCUT2D eigenvalue weighted by molar-refractivity contribution is -0.141. The summed E-state index contributed by atoms with van der Waals surface area (Å²) < 4.78 is 5.41. The number of aliphatic carboxylic acids is 2. The van der Waals surface area contributed by atoms with Crippen molar-refractivity contribution in [3.8, 4) is 0 Å². The lowest BCUT2D eigenvalue weighted by Gasteiger charge is -2.24. The van der Waals surface area contributed by atoms with Crippen LogP contribution in [0.15, 0.2) is 35.0 Å². The molecule has 1 saturated heterocycles. The number of hydrogen-bond acceptors (Lipinski definition) is 7. The van der Waals surface area contributed by atoms with Crippen molar-refractivity contribution in [1.29, 1.82) is 0 Å². The largest absolute Gasteiger partial charge is 0.481 e. The number of carboxylic acids is 2. The molecule has 0 aliphatic carbocycles. The van der Waals surface area contributed by atoms with Gasteiger partial charge in [-0.3, -0.25) is 4.79 Å². The Hall–Kier alpha value is -3.93. The summed E-state index contributed by atoms with van der Waals surface area (Å²) in [7, 11) is 0. The molecule has 2 amide bonds. The van der Waals surface area contributed by atoms with Crippen LogP contribution in [0, 0.1) is 0 Å². The quantitative estimate of drug-likeness (QED) is 0.311. The number of urea groups is 1. The molecule has 1 aliphatic rings. The second-order valence-corrected chi connectivity index (χ2v) is 8.29. The molecule has 1 aromatic carbocycles. The number of fused-ring (bicyclic) bond motifs is 1. The number of nitrogens with zero attached hydrogens (tertiary/aromatic N) is 3. The molecular weight excluding hydrogens is 444 g/mol. The maximum atomic E-state index is 13.0. The van der Waals surface area contributed by atoms with E-state index < -0.39 is 36.1 Å². The summed E-state index contributed by atoms with van der Waals surface area (Å²) in [6.45, 7) is 0.331. The highest BCUT2D eigenvalue weighted by atomic mass is 16.5. The molecule has 12 heteroatoms. The van der Waals surface area contributed by atoms with Gasteiger partial charge in [-0.1, -0.05) is 23.4 Å². The van der Waals surface area contributed by atoms with Gasteiger partial charge in [0.2, 0.25) is 5.89 Å². The van der Waals surface area contributed by atoms with E-state index in [0.717, 1.165) is 16.5 Å². The number of carbonyl (C=O) groups is 3. The fraction of sp³-hybridized carbons (Fsp3) is 0.409. The Labute approximate surface area is 194 Å². The Morgan fingerprint density at radius 3 is 2.85 bits per heavy atom. The molecule has 0 unspecified atom stereocenters. The van der Waals surface area contributed by atoms with Gasteiger partial charge in [0, 0.05) is 36.5 Å². The molecule has 1 fully saturated rings. The highest BCUT2D eigenvalue weighted by molar-refractivity contribution is 5.84. The minimum atomic E-state index is -1.05. The van der Waals surface area contributed by atoms with Crippen LogP contribution in [0.3, 0.4) is 0 Å². The highest BCUT2D eigenvalue weighted by Crippen LogP contribution is 2.26. The molecule has 3 heterocycles. The van der Waals surface area contributed by atoms with E-state index in [1.54, 1.807) is 0 Å². The smallest absolute Gasteiger partial charge is 0.326 e. The van der Waals surface area contributed by atoms with E-state index in [0.29, 0.717) is 25.8 Å². The number of benzene rings is 1. The SMILES string of the molecule is N[C@@H](CCC(=O)O)c1noc([C@H](Cc2c[nH]c3ccccc23)NC(=O)N2CCC[C@@H]2C(=O)O)n1. The Morgan fingerprint density at radius 2 is 2.09 bits per heavy atom.